The molecule has 1 aliphatic heterocycles. The Morgan fingerprint density at radius 2 is 1.61 bits per heavy atom. The normalized spacial score (nSPS) is 28.2. The van der Waals surface area contributed by atoms with Gasteiger partial charge in [-0.1, -0.05) is 25.7 Å². The number of hydrogen-bond acceptors (Lipinski definition) is 3. The molecule has 3 aliphatic rings. The van der Waals surface area contributed by atoms with Crippen molar-refractivity contribution in [3.8, 4) is 0 Å². The van der Waals surface area contributed by atoms with E-state index >= 15 is 0 Å². The van der Waals surface area contributed by atoms with Crippen molar-refractivity contribution in [1.82, 2.24) is 10.2 Å². The lowest BCUT2D eigenvalue weighted by molar-refractivity contribution is -0.152. The number of imide groups is 2. The Kier molecular flexibility index (Phi) is 2.64. The molecule has 5 heteroatoms. The van der Waals surface area contributed by atoms with Crippen molar-refractivity contribution in [3.05, 3.63) is 0 Å². The van der Waals surface area contributed by atoms with Crippen LogP contribution in [0.25, 0.3) is 0 Å². The summed E-state index contributed by atoms with van der Waals surface area (Å²) in [7, 11) is 0. The fraction of sp³-hybridized carbons (Fsp3) is 0.769. The van der Waals surface area contributed by atoms with Crippen LogP contribution in [-0.4, -0.2) is 28.8 Å². The zero-order valence-electron chi connectivity index (χ0n) is 10.4. The summed E-state index contributed by atoms with van der Waals surface area (Å²) in [6, 6.07) is -0.479. The molecule has 0 bridgehead atoms. The minimum atomic E-state index is -0.951. The topological polar surface area (TPSA) is 66.5 Å². The molecule has 3 fully saturated rings. The van der Waals surface area contributed by atoms with Crippen LogP contribution in [0, 0.1) is 5.41 Å². The Hall–Kier alpha value is -1.39. The van der Waals surface area contributed by atoms with Gasteiger partial charge < -0.3 is 0 Å². The van der Waals surface area contributed by atoms with E-state index in [1.807, 2.05) is 0 Å². The Bertz CT molecular complexity index is 406. The van der Waals surface area contributed by atoms with E-state index in [2.05, 4.69) is 5.32 Å². The van der Waals surface area contributed by atoms with Gasteiger partial charge in [0.25, 0.3) is 0 Å². The minimum Gasteiger partial charge on any atom is -0.277 e. The smallest absolute Gasteiger partial charge is 0.277 e. The zero-order chi connectivity index (χ0) is 12.8. The number of rotatable bonds is 1. The van der Waals surface area contributed by atoms with Gasteiger partial charge in [-0.15, -0.1) is 0 Å². The summed E-state index contributed by atoms with van der Waals surface area (Å²) >= 11 is 0. The van der Waals surface area contributed by atoms with Gasteiger partial charge in [0.05, 0.1) is 0 Å². The molecule has 0 aromatic heterocycles. The fourth-order valence-electron chi connectivity index (χ4n) is 3.13. The van der Waals surface area contributed by atoms with Gasteiger partial charge in [0.15, 0.2) is 0 Å². The molecule has 1 saturated heterocycles. The van der Waals surface area contributed by atoms with Gasteiger partial charge in [-0.25, -0.2) is 4.79 Å². The molecule has 1 spiro atoms. The predicted molar refractivity (Wildman–Crippen MR) is 63.5 cm³/mol. The zero-order valence-corrected chi connectivity index (χ0v) is 10.4. The molecule has 0 radical (unpaired) electrons. The van der Waals surface area contributed by atoms with Crippen LogP contribution in [-0.2, 0) is 9.59 Å². The monoisotopic (exact) mass is 250 g/mol. The van der Waals surface area contributed by atoms with Gasteiger partial charge in [0.2, 0.25) is 11.8 Å². The first-order valence-corrected chi connectivity index (χ1v) is 6.84. The van der Waals surface area contributed by atoms with E-state index in [0.717, 1.165) is 38.5 Å². The number of barbiturate groups is 1. The lowest BCUT2D eigenvalue weighted by Crippen LogP contribution is -2.64. The van der Waals surface area contributed by atoms with Gasteiger partial charge in [0, 0.05) is 6.04 Å². The average molecular weight is 250 g/mol. The highest BCUT2D eigenvalue weighted by molar-refractivity contribution is 6.19. The first-order chi connectivity index (χ1) is 8.65. The second-order valence-corrected chi connectivity index (χ2v) is 5.66. The summed E-state index contributed by atoms with van der Waals surface area (Å²) in [5.41, 5.74) is -0.951. The Morgan fingerprint density at radius 3 is 2.17 bits per heavy atom. The van der Waals surface area contributed by atoms with Crippen LogP contribution < -0.4 is 5.32 Å². The van der Waals surface area contributed by atoms with Crippen LogP contribution in [0.1, 0.15) is 51.4 Å². The molecule has 98 valence electrons. The largest absolute Gasteiger partial charge is 0.331 e. The molecule has 0 atom stereocenters. The number of carbonyl (C=O) groups is 3. The summed E-state index contributed by atoms with van der Waals surface area (Å²) in [6.07, 6.45) is 6.87. The quantitative estimate of drug-likeness (QED) is 0.718. The maximum atomic E-state index is 12.6. The SMILES string of the molecule is O=C1NC(=O)C2(CCCCCC2)C(=O)N1C1CC1. The van der Waals surface area contributed by atoms with E-state index in [-0.39, 0.29) is 17.9 Å². The Labute approximate surface area is 106 Å². The highest BCUT2D eigenvalue weighted by Gasteiger charge is 2.56. The summed E-state index contributed by atoms with van der Waals surface area (Å²) in [5, 5.41) is 2.40. The van der Waals surface area contributed by atoms with Crippen molar-refractivity contribution in [2.75, 3.05) is 0 Å². The number of nitrogens with zero attached hydrogens (tertiary/aromatic N) is 1. The lowest BCUT2D eigenvalue weighted by atomic mass is 9.77. The van der Waals surface area contributed by atoms with Crippen LogP contribution >= 0.6 is 0 Å². The molecule has 2 saturated carbocycles. The number of hydrogen-bond donors (Lipinski definition) is 1. The van der Waals surface area contributed by atoms with Crippen molar-refractivity contribution in [1.29, 1.82) is 0 Å². The van der Waals surface area contributed by atoms with E-state index in [9.17, 15) is 14.4 Å². The van der Waals surface area contributed by atoms with Crippen molar-refractivity contribution in [2.45, 2.75) is 57.4 Å². The minimum absolute atomic E-state index is 0.0331. The van der Waals surface area contributed by atoms with Gasteiger partial charge >= 0.3 is 6.03 Å². The maximum absolute atomic E-state index is 12.6. The van der Waals surface area contributed by atoms with Crippen molar-refractivity contribution >= 4 is 17.8 Å². The van der Waals surface area contributed by atoms with E-state index in [4.69, 9.17) is 0 Å². The third-order valence-corrected chi connectivity index (χ3v) is 4.37. The molecular formula is C13H18N2O3. The number of carbonyl (C=O) groups excluding carboxylic acids is 3. The van der Waals surface area contributed by atoms with Crippen LogP contribution in [0.3, 0.4) is 0 Å². The van der Waals surface area contributed by atoms with Crippen molar-refractivity contribution in [3.63, 3.8) is 0 Å². The van der Waals surface area contributed by atoms with E-state index in [1.54, 1.807) is 0 Å². The first-order valence-electron chi connectivity index (χ1n) is 6.84. The van der Waals surface area contributed by atoms with Crippen LogP contribution in [0.4, 0.5) is 4.79 Å². The molecule has 1 heterocycles. The summed E-state index contributed by atoms with van der Waals surface area (Å²) < 4.78 is 0. The average Bonchev–Trinajstić information content (AvgIpc) is 3.13. The second kappa shape index (κ2) is 4.07. The molecule has 18 heavy (non-hydrogen) atoms. The van der Waals surface area contributed by atoms with E-state index < -0.39 is 11.4 Å². The van der Waals surface area contributed by atoms with Crippen molar-refractivity contribution in [2.24, 2.45) is 5.41 Å². The number of amides is 4. The standard InChI is InChI=1S/C13H18N2O3/c16-10-13(7-3-1-2-4-8-13)11(17)15(9-5-6-9)12(18)14-10/h9H,1-8H2,(H,14,16,18). The lowest BCUT2D eigenvalue weighted by Gasteiger charge is -2.39. The third kappa shape index (κ3) is 1.64. The molecule has 1 N–H and O–H groups in total. The van der Waals surface area contributed by atoms with Gasteiger partial charge in [-0.2, -0.15) is 0 Å². The molecule has 4 amide bonds. The molecule has 2 aliphatic carbocycles. The second-order valence-electron chi connectivity index (χ2n) is 5.66. The number of nitrogens with one attached hydrogen (secondary N) is 1. The van der Waals surface area contributed by atoms with Crippen LogP contribution in [0.15, 0.2) is 0 Å². The summed E-state index contributed by atoms with van der Waals surface area (Å²) in [5.74, 6) is -0.600. The van der Waals surface area contributed by atoms with Crippen LogP contribution in [0.5, 0.6) is 0 Å². The fourth-order valence-corrected chi connectivity index (χ4v) is 3.13. The highest BCUT2D eigenvalue weighted by atomic mass is 16.2. The molecule has 0 unspecified atom stereocenters. The van der Waals surface area contributed by atoms with E-state index in [1.165, 1.54) is 4.90 Å². The van der Waals surface area contributed by atoms with Crippen molar-refractivity contribution < 1.29 is 14.4 Å². The first kappa shape index (κ1) is 11.7. The van der Waals surface area contributed by atoms with E-state index in [0.29, 0.717) is 12.8 Å². The highest BCUT2D eigenvalue weighted by Crippen LogP contribution is 2.42. The Morgan fingerprint density at radius 1 is 1.00 bits per heavy atom. The predicted octanol–water partition coefficient (Wildman–Crippen LogP) is 1.57. The third-order valence-electron chi connectivity index (χ3n) is 4.37. The summed E-state index contributed by atoms with van der Waals surface area (Å²) in [4.78, 5) is 37.8. The van der Waals surface area contributed by atoms with Gasteiger partial charge in [0.1, 0.15) is 5.41 Å². The molecule has 0 aromatic rings. The van der Waals surface area contributed by atoms with Crippen LogP contribution in [0.2, 0.25) is 0 Å². The number of urea groups is 1. The molecule has 3 rings (SSSR count). The maximum Gasteiger partial charge on any atom is 0.331 e. The van der Waals surface area contributed by atoms with Gasteiger partial charge in [-0.05, 0) is 25.7 Å². The molecule has 5 nitrogen and oxygen atoms in total. The molecular weight excluding hydrogens is 232 g/mol. The van der Waals surface area contributed by atoms with Gasteiger partial charge in [-0.3, -0.25) is 19.8 Å². The Balaban J connectivity index is 1.93. The molecule has 0 aromatic carbocycles. The summed E-state index contributed by atoms with van der Waals surface area (Å²) in [6.45, 7) is 0.